The lowest BCUT2D eigenvalue weighted by atomic mass is 10.00. The number of rotatable bonds is 6. The summed E-state index contributed by atoms with van der Waals surface area (Å²) in [5.74, 6) is 0.718. The summed E-state index contributed by atoms with van der Waals surface area (Å²) >= 11 is 6.81. The fourth-order valence-corrected chi connectivity index (χ4v) is 4.21. The number of hydrogen-bond acceptors (Lipinski definition) is 10. The zero-order chi connectivity index (χ0) is 24.7. The predicted octanol–water partition coefficient (Wildman–Crippen LogP) is 2.82. The largest absolute Gasteiger partial charge is 0.388 e. The molecule has 0 amide bonds. The van der Waals surface area contributed by atoms with E-state index in [1.807, 2.05) is 4.90 Å². The van der Waals surface area contributed by atoms with E-state index >= 15 is 0 Å². The van der Waals surface area contributed by atoms with E-state index in [4.69, 9.17) is 16.3 Å². The number of aromatic nitrogens is 4. The van der Waals surface area contributed by atoms with Crippen molar-refractivity contribution in [2.24, 2.45) is 0 Å². The summed E-state index contributed by atoms with van der Waals surface area (Å²) in [6.45, 7) is 4.79. The Hall–Kier alpha value is -3.64. The highest BCUT2D eigenvalue weighted by Crippen LogP contribution is 2.37. The van der Waals surface area contributed by atoms with E-state index in [9.17, 15) is 15.6 Å². The summed E-state index contributed by atoms with van der Waals surface area (Å²) in [7, 11) is 0. The first-order chi connectivity index (χ1) is 16.8. The Bertz CT molecular complexity index is 1360. The van der Waals surface area contributed by atoms with Crippen LogP contribution in [0.2, 0.25) is 5.02 Å². The van der Waals surface area contributed by atoms with Crippen LogP contribution in [-0.4, -0.2) is 62.1 Å². The van der Waals surface area contributed by atoms with Crippen LogP contribution in [0.4, 0.5) is 23.1 Å². The number of nitrogens with zero attached hydrogens (tertiary/aromatic N) is 7. The van der Waals surface area contributed by atoms with E-state index in [-0.39, 0.29) is 11.6 Å². The summed E-state index contributed by atoms with van der Waals surface area (Å²) in [6, 6.07) is 7.91. The molecule has 2 aliphatic rings. The lowest BCUT2D eigenvalue weighted by molar-refractivity contribution is -0.0927. The average molecular weight is 494 g/mol. The molecule has 1 saturated carbocycles. The summed E-state index contributed by atoms with van der Waals surface area (Å²) in [6.07, 6.45) is 3.11. The third-order valence-corrected chi connectivity index (χ3v) is 6.42. The molecule has 0 spiro atoms. The Morgan fingerprint density at radius 1 is 1.26 bits per heavy atom. The number of morpholine rings is 1. The number of nitriles is 2. The van der Waals surface area contributed by atoms with Crippen LogP contribution < -0.4 is 15.5 Å². The molecule has 0 radical (unpaired) electrons. The first-order valence-corrected chi connectivity index (χ1v) is 11.7. The van der Waals surface area contributed by atoms with Gasteiger partial charge >= 0.3 is 0 Å². The van der Waals surface area contributed by atoms with Crippen molar-refractivity contribution in [2.75, 3.05) is 35.2 Å². The van der Waals surface area contributed by atoms with Crippen LogP contribution in [0.1, 0.15) is 37.9 Å². The smallest absolute Gasteiger partial charge is 0.247 e. The Kier molecular flexibility index (Phi) is 5.85. The quantitative estimate of drug-likeness (QED) is 0.468. The SMILES string of the molecule is CC(C)(O)C1CN(c2cc(C#N)cc(Nc3nc(NC4CC4)c4ncc(C#N)n4n3)c2Cl)CCO1. The van der Waals surface area contributed by atoms with Crippen LogP contribution in [0.5, 0.6) is 0 Å². The standard InChI is InChI=1S/C23H24ClN9O2/c1-23(2,34)18-12-32(5-6-35-18)17-8-13(9-25)7-16(19(17)24)29-22-30-20(28-14-3-4-14)21-27-11-15(10-26)33(21)31-22/h7-8,11,14,18,34H,3-6,12H2,1-2H3,(H2,28,29,30,31). The van der Waals surface area contributed by atoms with Crippen molar-refractivity contribution >= 4 is 40.4 Å². The molecule has 1 aromatic carbocycles. The van der Waals surface area contributed by atoms with Crippen molar-refractivity contribution in [3.63, 3.8) is 0 Å². The number of benzene rings is 1. The first-order valence-electron chi connectivity index (χ1n) is 11.3. The summed E-state index contributed by atoms with van der Waals surface area (Å²) in [4.78, 5) is 10.8. The van der Waals surface area contributed by atoms with Crippen molar-refractivity contribution in [3.05, 3.63) is 34.6 Å². The van der Waals surface area contributed by atoms with Gasteiger partial charge in [-0.3, -0.25) is 0 Å². The van der Waals surface area contributed by atoms with Crippen molar-refractivity contribution in [1.82, 2.24) is 19.6 Å². The van der Waals surface area contributed by atoms with Gasteiger partial charge in [-0.05, 0) is 38.8 Å². The highest BCUT2D eigenvalue weighted by molar-refractivity contribution is 6.36. The first kappa shape index (κ1) is 23.1. The molecule has 1 atom stereocenters. The molecule has 3 N–H and O–H groups in total. The molecule has 2 fully saturated rings. The Morgan fingerprint density at radius 3 is 2.74 bits per heavy atom. The summed E-state index contributed by atoms with van der Waals surface area (Å²) in [5.41, 5.74) is 1.19. The maximum atomic E-state index is 10.4. The van der Waals surface area contributed by atoms with Gasteiger partial charge in [-0.15, -0.1) is 5.10 Å². The van der Waals surface area contributed by atoms with Crippen molar-refractivity contribution < 1.29 is 9.84 Å². The van der Waals surface area contributed by atoms with Crippen LogP contribution in [0.15, 0.2) is 18.3 Å². The molecule has 1 unspecified atom stereocenters. The zero-order valence-corrected chi connectivity index (χ0v) is 20.0. The molecule has 1 aliphatic heterocycles. The van der Waals surface area contributed by atoms with Gasteiger partial charge in [0.15, 0.2) is 17.2 Å². The van der Waals surface area contributed by atoms with E-state index in [1.54, 1.807) is 26.0 Å². The topological polar surface area (TPSA) is 147 Å². The molecule has 180 valence electrons. The van der Waals surface area contributed by atoms with Gasteiger partial charge in [-0.25, -0.2) is 4.98 Å². The third-order valence-electron chi connectivity index (χ3n) is 6.02. The highest BCUT2D eigenvalue weighted by Gasteiger charge is 2.33. The van der Waals surface area contributed by atoms with Gasteiger partial charge in [0.05, 0.1) is 46.4 Å². The second-order valence-electron chi connectivity index (χ2n) is 9.25. The second kappa shape index (κ2) is 8.86. The van der Waals surface area contributed by atoms with Crippen LogP contribution >= 0.6 is 11.6 Å². The number of ether oxygens (including phenoxy) is 1. The van der Waals surface area contributed by atoms with Gasteiger partial charge < -0.3 is 25.4 Å². The number of fused-ring (bicyclic) bond motifs is 1. The molecule has 2 aromatic heterocycles. The number of anilines is 4. The third kappa shape index (κ3) is 4.66. The maximum absolute atomic E-state index is 10.4. The second-order valence-corrected chi connectivity index (χ2v) is 9.62. The van der Waals surface area contributed by atoms with Gasteiger partial charge in [0.2, 0.25) is 5.95 Å². The number of aliphatic hydroxyl groups is 1. The molecule has 3 heterocycles. The molecule has 5 rings (SSSR count). The Balaban J connectivity index is 1.52. The minimum absolute atomic E-state index is 0.203. The van der Waals surface area contributed by atoms with Crippen molar-refractivity contribution in [1.29, 1.82) is 10.5 Å². The predicted molar refractivity (Wildman–Crippen MR) is 130 cm³/mol. The van der Waals surface area contributed by atoms with E-state index in [0.717, 1.165) is 12.8 Å². The fourth-order valence-electron chi connectivity index (χ4n) is 3.94. The molecular formula is C23H24ClN9O2. The van der Waals surface area contributed by atoms with Crippen molar-refractivity contribution in [3.8, 4) is 12.1 Å². The molecule has 3 aromatic rings. The van der Waals surface area contributed by atoms with Gasteiger partial charge in [-0.1, -0.05) is 11.6 Å². The minimum Gasteiger partial charge on any atom is -0.388 e. The molecule has 11 nitrogen and oxygen atoms in total. The van der Waals surface area contributed by atoms with Gasteiger partial charge in [0.25, 0.3) is 0 Å². The van der Waals surface area contributed by atoms with Crippen LogP contribution in [0, 0.1) is 22.7 Å². The normalized spacial score (nSPS) is 18.2. The average Bonchev–Trinajstić information content (AvgIpc) is 3.56. The number of nitrogens with one attached hydrogen (secondary N) is 2. The van der Waals surface area contributed by atoms with E-state index in [2.05, 4.69) is 37.8 Å². The van der Waals surface area contributed by atoms with Crippen LogP contribution in [0.3, 0.4) is 0 Å². The summed E-state index contributed by atoms with van der Waals surface area (Å²) in [5, 5.41) is 40.8. The van der Waals surface area contributed by atoms with Gasteiger partial charge in [0, 0.05) is 19.1 Å². The molecule has 0 bridgehead atoms. The number of halogens is 1. The Morgan fingerprint density at radius 2 is 2.06 bits per heavy atom. The van der Waals surface area contributed by atoms with E-state index in [0.29, 0.717) is 59.2 Å². The van der Waals surface area contributed by atoms with Gasteiger partial charge in [-0.2, -0.15) is 20.0 Å². The lowest BCUT2D eigenvalue weighted by Gasteiger charge is -2.40. The lowest BCUT2D eigenvalue weighted by Crippen LogP contribution is -2.52. The van der Waals surface area contributed by atoms with Crippen LogP contribution in [-0.2, 0) is 4.74 Å². The fraction of sp³-hybridized carbons (Fsp3) is 0.435. The minimum atomic E-state index is -1.03. The van der Waals surface area contributed by atoms with E-state index in [1.165, 1.54) is 10.7 Å². The number of imidazole rings is 1. The van der Waals surface area contributed by atoms with Crippen molar-refractivity contribution in [2.45, 2.75) is 44.4 Å². The summed E-state index contributed by atoms with van der Waals surface area (Å²) < 4.78 is 7.17. The monoisotopic (exact) mass is 493 g/mol. The Labute approximate surface area is 206 Å². The zero-order valence-electron chi connectivity index (χ0n) is 19.3. The van der Waals surface area contributed by atoms with E-state index < -0.39 is 11.7 Å². The van der Waals surface area contributed by atoms with Crippen LogP contribution in [0.25, 0.3) is 5.65 Å². The molecule has 35 heavy (non-hydrogen) atoms. The molecule has 1 aliphatic carbocycles. The molecule has 12 heteroatoms. The maximum Gasteiger partial charge on any atom is 0.247 e. The number of hydrogen-bond donors (Lipinski definition) is 3. The van der Waals surface area contributed by atoms with Gasteiger partial charge in [0.1, 0.15) is 12.2 Å². The molecular weight excluding hydrogens is 470 g/mol. The highest BCUT2D eigenvalue weighted by atomic mass is 35.5. The molecule has 1 saturated heterocycles.